The molecule has 0 heterocycles. The molecule has 0 unspecified atom stereocenters. The number of hydrogen-bond donors (Lipinski definition) is 0. The van der Waals surface area contributed by atoms with E-state index in [0.29, 0.717) is 0 Å². The van der Waals surface area contributed by atoms with Crippen molar-refractivity contribution >= 4 is 11.8 Å². The monoisotopic (exact) mass is 328 g/mol. The highest BCUT2D eigenvalue weighted by atomic mass is 16.6. The first kappa shape index (κ1) is 20.1. The van der Waals surface area contributed by atoms with Crippen molar-refractivity contribution in [3.8, 4) is 0 Å². The standard InChI is InChI=1S/C18H32O5/c1-17(2,3)15(19)11-21-12-16(20)22-13-9-7-8-10-14(13)23-18(4,5)6/h13-14H,7-12H2,1-6H3/t13-,14-/m0/s1. The number of hydrogen-bond acceptors (Lipinski definition) is 5. The van der Waals surface area contributed by atoms with Gasteiger partial charge in [0.25, 0.3) is 0 Å². The lowest BCUT2D eigenvalue weighted by molar-refractivity contribution is -0.176. The number of rotatable bonds is 6. The fraction of sp³-hybridized carbons (Fsp3) is 0.889. The van der Waals surface area contributed by atoms with Crippen LogP contribution in [0.2, 0.25) is 0 Å². The highest BCUT2D eigenvalue weighted by Gasteiger charge is 2.32. The average molecular weight is 328 g/mol. The first-order chi connectivity index (χ1) is 10.5. The summed E-state index contributed by atoms with van der Waals surface area (Å²) in [5.41, 5.74) is -0.721. The molecule has 134 valence electrons. The maximum absolute atomic E-state index is 11.9. The predicted molar refractivity (Wildman–Crippen MR) is 88.3 cm³/mol. The van der Waals surface area contributed by atoms with Gasteiger partial charge in [0.2, 0.25) is 0 Å². The van der Waals surface area contributed by atoms with Gasteiger partial charge in [-0.15, -0.1) is 0 Å². The first-order valence-electron chi connectivity index (χ1n) is 8.47. The van der Waals surface area contributed by atoms with Gasteiger partial charge in [0.05, 0.1) is 11.7 Å². The summed E-state index contributed by atoms with van der Waals surface area (Å²) in [4.78, 5) is 23.7. The van der Waals surface area contributed by atoms with Crippen LogP contribution in [0.25, 0.3) is 0 Å². The normalized spacial score (nSPS) is 22.7. The summed E-state index contributed by atoms with van der Waals surface area (Å²) in [7, 11) is 0. The summed E-state index contributed by atoms with van der Waals surface area (Å²) in [5.74, 6) is -0.460. The molecule has 1 aliphatic rings. The molecule has 0 spiro atoms. The molecule has 0 aliphatic heterocycles. The molecule has 0 N–H and O–H groups in total. The van der Waals surface area contributed by atoms with Crippen molar-refractivity contribution in [1.82, 2.24) is 0 Å². The van der Waals surface area contributed by atoms with Gasteiger partial charge in [0.15, 0.2) is 5.78 Å². The number of Topliss-reactive ketones (excluding diaryl/α,β-unsaturated/α-hetero) is 1. The molecule has 0 aromatic heterocycles. The third-order valence-electron chi connectivity index (χ3n) is 3.72. The molecular formula is C18H32O5. The van der Waals surface area contributed by atoms with Crippen LogP contribution in [0.3, 0.4) is 0 Å². The molecule has 2 atom stereocenters. The zero-order valence-corrected chi connectivity index (χ0v) is 15.4. The van der Waals surface area contributed by atoms with E-state index in [9.17, 15) is 9.59 Å². The first-order valence-corrected chi connectivity index (χ1v) is 8.47. The predicted octanol–water partition coefficient (Wildman–Crippen LogP) is 3.29. The van der Waals surface area contributed by atoms with Crippen molar-refractivity contribution < 1.29 is 23.8 Å². The molecule has 1 saturated carbocycles. The van der Waals surface area contributed by atoms with Crippen LogP contribution in [0.5, 0.6) is 0 Å². The molecule has 1 rings (SSSR count). The molecule has 1 aliphatic carbocycles. The molecule has 0 bridgehead atoms. The van der Waals surface area contributed by atoms with Crippen LogP contribution in [0.1, 0.15) is 67.2 Å². The Kier molecular flexibility index (Phi) is 7.21. The molecule has 0 amide bonds. The van der Waals surface area contributed by atoms with Crippen LogP contribution >= 0.6 is 0 Å². The summed E-state index contributed by atoms with van der Waals surface area (Å²) in [5, 5.41) is 0. The Morgan fingerprint density at radius 3 is 2.00 bits per heavy atom. The number of ketones is 1. The molecular weight excluding hydrogens is 296 g/mol. The van der Waals surface area contributed by atoms with E-state index < -0.39 is 11.4 Å². The maximum atomic E-state index is 11.9. The largest absolute Gasteiger partial charge is 0.458 e. The minimum Gasteiger partial charge on any atom is -0.458 e. The molecule has 0 radical (unpaired) electrons. The SMILES string of the molecule is CC(C)(C)O[C@H]1CCCC[C@@H]1OC(=O)COCC(=O)C(C)(C)C. The number of ether oxygens (including phenoxy) is 3. The van der Waals surface area contributed by atoms with E-state index in [1.165, 1.54) is 0 Å². The van der Waals surface area contributed by atoms with Crippen molar-refractivity contribution in [2.24, 2.45) is 5.41 Å². The summed E-state index contributed by atoms with van der Waals surface area (Å²) in [6, 6.07) is 0. The zero-order valence-electron chi connectivity index (χ0n) is 15.4. The lowest BCUT2D eigenvalue weighted by Crippen LogP contribution is -2.41. The van der Waals surface area contributed by atoms with Crippen molar-refractivity contribution in [2.75, 3.05) is 13.2 Å². The second-order valence-electron chi connectivity index (χ2n) is 8.25. The van der Waals surface area contributed by atoms with Crippen LogP contribution in [0.4, 0.5) is 0 Å². The van der Waals surface area contributed by atoms with Crippen LogP contribution in [-0.4, -0.2) is 42.8 Å². The number of carbonyl (C=O) groups is 2. The quantitative estimate of drug-likeness (QED) is 0.700. The van der Waals surface area contributed by atoms with E-state index in [1.807, 2.05) is 41.5 Å². The van der Waals surface area contributed by atoms with Crippen LogP contribution < -0.4 is 0 Å². The highest BCUT2D eigenvalue weighted by molar-refractivity contribution is 5.85. The van der Waals surface area contributed by atoms with E-state index in [4.69, 9.17) is 14.2 Å². The molecule has 0 aromatic rings. The smallest absolute Gasteiger partial charge is 0.332 e. The molecule has 23 heavy (non-hydrogen) atoms. The minimum atomic E-state index is -0.459. The highest BCUT2D eigenvalue weighted by Crippen LogP contribution is 2.27. The Balaban J connectivity index is 2.40. The maximum Gasteiger partial charge on any atom is 0.332 e. The van der Waals surface area contributed by atoms with Gasteiger partial charge >= 0.3 is 5.97 Å². The summed E-state index contributed by atoms with van der Waals surface area (Å²) < 4.78 is 16.7. The van der Waals surface area contributed by atoms with Crippen molar-refractivity contribution in [3.63, 3.8) is 0 Å². The zero-order chi connectivity index (χ0) is 17.7. The lowest BCUT2D eigenvalue weighted by Gasteiger charge is -2.35. The van der Waals surface area contributed by atoms with Gasteiger partial charge in [-0.05, 0) is 40.0 Å². The van der Waals surface area contributed by atoms with Gasteiger partial charge in [-0.25, -0.2) is 4.79 Å². The Bertz CT molecular complexity index is 403. The van der Waals surface area contributed by atoms with Crippen LogP contribution in [0.15, 0.2) is 0 Å². The van der Waals surface area contributed by atoms with Crippen molar-refractivity contribution in [1.29, 1.82) is 0 Å². The van der Waals surface area contributed by atoms with E-state index >= 15 is 0 Å². The Morgan fingerprint density at radius 2 is 1.48 bits per heavy atom. The fourth-order valence-electron chi connectivity index (χ4n) is 2.43. The van der Waals surface area contributed by atoms with Gasteiger partial charge in [-0.1, -0.05) is 27.2 Å². The fourth-order valence-corrected chi connectivity index (χ4v) is 2.43. The molecule has 0 aromatic carbocycles. The number of carbonyl (C=O) groups excluding carboxylic acids is 2. The van der Waals surface area contributed by atoms with E-state index in [-0.39, 0.29) is 36.8 Å². The Hall–Kier alpha value is -0.940. The van der Waals surface area contributed by atoms with Gasteiger partial charge in [-0.3, -0.25) is 4.79 Å². The summed E-state index contributed by atoms with van der Waals surface area (Å²) in [6.45, 7) is 11.2. The van der Waals surface area contributed by atoms with E-state index in [0.717, 1.165) is 25.7 Å². The van der Waals surface area contributed by atoms with Gasteiger partial charge < -0.3 is 14.2 Å². The lowest BCUT2D eigenvalue weighted by atomic mass is 9.91. The van der Waals surface area contributed by atoms with Gasteiger partial charge in [0, 0.05) is 5.41 Å². The average Bonchev–Trinajstić information content (AvgIpc) is 2.38. The van der Waals surface area contributed by atoms with Gasteiger partial charge in [0.1, 0.15) is 19.3 Å². The van der Waals surface area contributed by atoms with Crippen molar-refractivity contribution in [2.45, 2.75) is 85.0 Å². The molecule has 5 nitrogen and oxygen atoms in total. The van der Waals surface area contributed by atoms with Crippen LogP contribution in [-0.2, 0) is 23.8 Å². The van der Waals surface area contributed by atoms with Crippen molar-refractivity contribution in [3.05, 3.63) is 0 Å². The van der Waals surface area contributed by atoms with E-state index in [2.05, 4.69) is 0 Å². The number of esters is 1. The molecule has 0 saturated heterocycles. The summed E-state index contributed by atoms with van der Waals surface area (Å²) >= 11 is 0. The third kappa shape index (κ3) is 7.93. The second-order valence-corrected chi connectivity index (χ2v) is 8.25. The third-order valence-corrected chi connectivity index (χ3v) is 3.72. The Labute approximate surface area is 140 Å². The molecule has 5 heteroatoms. The van der Waals surface area contributed by atoms with E-state index in [1.54, 1.807) is 0 Å². The Morgan fingerprint density at radius 1 is 0.913 bits per heavy atom. The minimum absolute atomic E-state index is 0.0306. The molecule has 1 fully saturated rings. The second kappa shape index (κ2) is 8.25. The van der Waals surface area contributed by atoms with Crippen LogP contribution in [0, 0.1) is 5.41 Å². The van der Waals surface area contributed by atoms with Gasteiger partial charge in [-0.2, -0.15) is 0 Å². The topological polar surface area (TPSA) is 61.8 Å². The summed E-state index contributed by atoms with van der Waals surface area (Å²) in [6.07, 6.45) is 3.55.